The first-order chi connectivity index (χ1) is 6.51. The van der Waals surface area contributed by atoms with Crippen LogP contribution in [0.2, 0.25) is 0 Å². The Morgan fingerprint density at radius 1 is 1.29 bits per heavy atom. The summed E-state index contributed by atoms with van der Waals surface area (Å²) in [6.07, 6.45) is -2.79. The van der Waals surface area contributed by atoms with E-state index in [9.17, 15) is 13.2 Å². The van der Waals surface area contributed by atoms with Crippen molar-refractivity contribution in [3.63, 3.8) is 0 Å². The van der Waals surface area contributed by atoms with Crippen LogP contribution in [0, 0.1) is 0 Å². The largest absolute Gasteiger partial charge is 0.390 e. The van der Waals surface area contributed by atoms with Crippen molar-refractivity contribution < 1.29 is 13.2 Å². The first kappa shape index (κ1) is 11.8. The van der Waals surface area contributed by atoms with Crippen molar-refractivity contribution in [2.24, 2.45) is 0 Å². The Labute approximate surface area is 82.5 Å². The summed E-state index contributed by atoms with van der Waals surface area (Å²) in [6, 6.07) is 0.483. The van der Waals surface area contributed by atoms with E-state index in [0.29, 0.717) is 6.04 Å². The molecule has 0 bridgehead atoms. The average molecular weight is 210 g/mol. The molecule has 1 N–H and O–H groups in total. The molecule has 1 fully saturated rings. The molecule has 2 nitrogen and oxygen atoms in total. The number of rotatable bonds is 3. The smallest absolute Gasteiger partial charge is 0.317 e. The Morgan fingerprint density at radius 2 is 1.86 bits per heavy atom. The normalized spacial score (nSPS) is 21.4. The van der Waals surface area contributed by atoms with Crippen LogP contribution >= 0.6 is 0 Å². The molecule has 14 heavy (non-hydrogen) atoms. The Kier molecular flexibility index (Phi) is 4.19. The van der Waals surface area contributed by atoms with Crippen LogP contribution in [0.5, 0.6) is 0 Å². The Bertz CT molecular complexity index is 162. The van der Waals surface area contributed by atoms with Gasteiger partial charge in [-0.05, 0) is 33.0 Å². The molecule has 1 rings (SSSR count). The van der Waals surface area contributed by atoms with Crippen LogP contribution in [-0.4, -0.2) is 43.8 Å². The Morgan fingerprint density at radius 3 is 2.29 bits per heavy atom. The average Bonchev–Trinajstić information content (AvgIpc) is 2.14. The van der Waals surface area contributed by atoms with Crippen LogP contribution in [0.4, 0.5) is 13.2 Å². The lowest BCUT2D eigenvalue weighted by Crippen LogP contribution is -2.42. The van der Waals surface area contributed by atoms with Gasteiger partial charge in [-0.25, -0.2) is 0 Å². The van der Waals surface area contributed by atoms with Crippen LogP contribution in [0.1, 0.15) is 19.3 Å². The molecule has 1 aliphatic heterocycles. The van der Waals surface area contributed by atoms with Crippen molar-refractivity contribution >= 4 is 0 Å². The molecule has 0 aromatic rings. The lowest BCUT2D eigenvalue weighted by molar-refractivity contribution is -0.138. The van der Waals surface area contributed by atoms with Crippen molar-refractivity contribution in [3.8, 4) is 0 Å². The van der Waals surface area contributed by atoms with Gasteiger partial charge < -0.3 is 10.2 Å². The minimum atomic E-state index is -4.01. The molecule has 0 aromatic carbocycles. The molecular weight excluding hydrogens is 193 g/mol. The first-order valence-corrected chi connectivity index (χ1v) is 4.97. The van der Waals surface area contributed by atoms with E-state index < -0.39 is 12.6 Å². The van der Waals surface area contributed by atoms with Crippen LogP contribution in [0.15, 0.2) is 0 Å². The van der Waals surface area contributed by atoms with Gasteiger partial charge in [-0.1, -0.05) is 0 Å². The van der Waals surface area contributed by atoms with Crippen molar-refractivity contribution in [2.75, 3.05) is 26.7 Å². The topological polar surface area (TPSA) is 15.3 Å². The van der Waals surface area contributed by atoms with Gasteiger partial charge in [0.2, 0.25) is 0 Å². The molecule has 0 aliphatic carbocycles. The number of nitrogens with zero attached hydrogens (tertiary/aromatic N) is 1. The fourth-order valence-corrected chi connectivity index (χ4v) is 1.73. The van der Waals surface area contributed by atoms with Gasteiger partial charge in [0.1, 0.15) is 0 Å². The standard InChI is InChI=1S/C9H17F3N2/c1-13-8-2-5-14(6-3-8)7-4-9(10,11)12/h8,13H,2-7H2,1H3. The Balaban J connectivity index is 2.16. The zero-order valence-electron chi connectivity index (χ0n) is 8.40. The van der Waals surface area contributed by atoms with E-state index in [2.05, 4.69) is 5.32 Å². The summed E-state index contributed by atoms with van der Waals surface area (Å²) in [6.45, 7) is 1.71. The zero-order chi connectivity index (χ0) is 10.6. The van der Waals surface area contributed by atoms with Crippen LogP contribution < -0.4 is 5.32 Å². The van der Waals surface area contributed by atoms with Gasteiger partial charge in [-0.2, -0.15) is 13.2 Å². The Hall–Kier alpha value is -0.290. The number of hydrogen-bond acceptors (Lipinski definition) is 2. The summed E-state index contributed by atoms with van der Waals surface area (Å²) in [4.78, 5) is 1.89. The minimum Gasteiger partial charge on any atom is -0.317 e. The summed E-state index contributed by atoms with van der Waals surface area (Å²) in [5.74, 6) is 0. The highest BCUT2D eigenvalue weighted by molar-refractivity contribution is 4.76. The quantitative estimate of drug-likeness (QED) is 0.761. The second-order valence-corrected chi connectivity index (χ2v) is 3.77. The molecule has 1 saturated heterocycles. The molecule has 0 saturated carbocycles. The highest BCUT2D eigenvalue weighted by atomic mass is 19.4. The van der Waals surface area contributed by atoms with E-state index in [0.717, 1.165) is 25.9 Å². The van der Waals surface area contributed by atoms with Crippen molar-refractivity contribution in [2.45, 2.75) is 31.5 Å². The molecule has 0 amide bonds. The maximum atomic E-state index is 11.9. The predicted octanol–water partition coefficient (Wildman–Crippen LogP) is 1.62. The highest BCUT2D eigenvalue weighted by Crippen LogP contribution is 2.21. The number of piperidine rings is 1. The van der Waals surface area contributed by atoms with Gasteiger partial charge in [0.25, 0.3) is 0 Å². The molecular formula is C9H17F3N2. The molecule has 0 atom stereocenters. The molecule has 5 heteroatoms. The third-order valence-corrected chi connectivity index (χ3v) is 2.71. The van der Waals surface area contributed by atoms with Gasteiger partial charge in [0, 0.05) is 12.6 Å². The van der Waals surface area contributed by atoms with Crippen LogP contribution in [0.3, 0.4) is 0 Å². The van der Waals surface area contributed by atoms with Crippen molar-refractivity contribution in [3.05, 3.63) is 0 Å². The van der Waals surface area contributed by atoms with Gasteiger partial charge in [0.05, 0.1) is 6.42 Å². The van der Waals surface area contributed by atoms with Crippen molar-refractivity contribution in [1.82, 2.24) is 10.2 Å². The molecule has 0 spiro atoms. The van der Waals surface area contributed by atoms with Crippen molar-refractivity contribution in [1.29, 1.82) is 0 Å². The van der Waals surface area contributed by atoms with Gasteiger partial charge in [-0.3, -0.25) is 0 Å². The zero-order valence-corrected chi connectivity index (χ0v) is 8.40. The number of alkyl halides is 3. The summed E-state index contributed by atoms with van der Waals surface area (Å²) < 4.78 is 35.7. The molecule has 0 aromatic heterocycles. The fraction of sp³-hybridized carbons (Fsp3) is 1.00. The molecule has 0 unspecified atom stereocenters. The van der Waals surface area contributed by atoms with Gasteiger partial charge >= 0.3 is 6.18 Å². The number of hydrogen-bond donors (Lipinski definition) is 1. The predicted molar refractivity (Wildman–Crippen MR) is 49.2 cm³/mol. The second-order valence-electron chi connectivity index (χ2n) is 3.77. The fourth-order valence-electron chi connectivity index (χ4n) is 1.73. The second kappa shape index (κ2) is 4.98. The van der Waals surface area contributed by atoms with Crippen LogP contribution in [-0.2, 0) is 0 Å². The number of halogens is 3. The van der Waals surface area contributed by atoms with E-state index in [-0.39, 0.29) is 6.54 Å². The molecule has 0 radical (unpaired) electrons. The maximum absolute atomic E-state index is 11.9. The van der Waals surface area contributed by atoms with E-state index in [1.165, 1.54) is 0 Å². The highest BCUT2D eigenvalue weighted by Gasteiger charge is 2.28. The lowest BCUT2D eigenvalue weighted by atomic mass is 10.1. The molecule has 1 heterocycles. The maximum Gasteiger partial charge on any atom is 0.390 e. The summed E-state index contributed by atoms with van der Waals surface area (Å²) in [5.41, 5.74) is 0. The van der Waals surface area contributed by atoms with E-state index in [1.807, 2.05) is 11.9 Å². The molecule has 1 aliphatic rings. The summed E-state index contributed by atoms with van der Waals surface area (Å²) in [7, 11) is 1.90. The summed E-state index contributed by atoms with van der Waals surface area (Å²) >= 11 is 0. The number of likely N-dealkylation sites (tertiary alicyclic amines) is 1. The van der Waals surface area contributed by atoms with E-state index in [4.69, 9.17) is 0 Å². The van der Waals surface area contributed by atoms with Crippen LogP contribution in [0.25, 0.3) is 0 Å². The van der Waals surface area contributed by atoms with E-state index >= 15 is 0 Å². The third kappa shape index (κ3) is 4.28. The molecule has 84 valence electrons. The first-order valence-electron chi connectivity index (χ1n) is 4.97. The third-order valence-electron chi connectivity index (χ3n) is 2.71. The van der Waals surface area contributed by atoms with E-state index in [1.54, 1.807) is 0 Å². The summed E-state index contributed by atoms with van der Waals surface area (Å²) in [5, 5.41) is 3.15. The van der Waals surface area contributed by atoms with Gasteiger partial charge in [-0.15, -0.1) is 0 Å². The lowest BCUT2D eigenvalue weighted by Gasteiger charge is -2.31. The van der Waals surface area contributed by atoms with Gasteiger partial charge in [0.15, 0.2) is 0 Å². The SMILES string of the molecule is CNC1CCN(CCC(F)(F)F)CC1. The monoisotopic (exact) mass is 210 g/mol. The number of nitrogens with one attached hydrogen (secondary N) is 1. The minimum absolute atomic E-state index is 0.153.